The predicted molar refractivity (Wildman–Crippen MR) is 94.6 cm³/mol. The maximum absolute atomic E-state index is 3.84. The number of benzene rings is 1. The lowest BCUT2D eigenvalue weighted by atomic mass is 9.86. The summed E-state index contributed by atoms with van der Waals surface area (Å²) >= 11 is 0. The molecule has 21 heavy (non-hydrogen) atoms. The summed E-state index contributed by atoms with van der Waals surface area (Å²) in [6, 6.07) is 11.4. The van der Waals surface area contributed by atoms with E-state index in [9.17, 15) is 0 Å². The highest BCUT2D eigenvalue weighted by Crippen LogP contribution is 2.26. The van der Waals surface area contributed by atoms with Gasteiger partial charge in [0.1, 0.15) is 0 Å². The summed E-state index contributed by atoms with van der Waals surface area (Å²) in [5.41, 5.74) is 1.84. The van der Waals surface area contributed by atoms with Crippen LogP contribution in [0, 0.1) is 5.41 Å². The van der Waals surface area contributed by atoms with Gasteiger partial charge in [-0.15, -0.1) is 0 Å². The summed E-state index contributed by atoms with van der Waals surface area (Å²) in [6.07, 6.45) is 9.16. The lowest BCUT2D eigenvalue weighted by molar-refractivity contribution is 0.282. The molecule has 0 aliphatic carbocycles. The molecule has 1 aromatic carbocycles. The Morgan fingerprint density at radius 2 is 1.62 bits per heavy atom. The fourth-order valence-corrected chi connectivity index (χ4v) is 2.82. The standard InChI is InChI=1S/C20H35N/c1-5-7-12-16-20(3,4)17-21-19(15-8-6-2)18-13-10-9-11-14-18/h9-11,13-14,19,21H,5-8,12,15-17H2,1-4H3. The van der Waals surface area contributed by atoms with Crippen LogP contribution >= 0.6 is 0 Å². The second kappa shape index (κ2) is 10.00. The largest absolute Gasteiger partial charge is 0.309 e. The van der Waals surface area contributed by atoms with Gasteiger partial charge >= 0.3 is 0 Å². The molecule has 0 radical (unpaired) electrons. The third-order valence-corrected chi connectivity index (χ3v) is 4.33. The fourth-order valence-electron chi connectivity index (χ4n) is 2.82. The van der Waals surface area contributed by atoms with E-state index in [2.05, 4.69) is 63.3 Å². The van der Waals surface area contributed by atoms with Gasteiger partial charge in [-0.3, -0.25) is 0 Å². The molecule has 0 bridgehead atoms. The van der Waals surface area contributed by atoms with Gasteiger partial charge in [0.25, 0.3) is 0 Å². The van der Waals surface area contributed by atoms with Crippen LogP contribution in [0.3, 0.4) is 0 Å². The zero-order valence-corrected chi connectivity index (χ0v) is 14.6. The van der Waals surface area contributed by atoms with Crippen molar-refractivity contribution in [3.05, 3.63) is 35.9 Å². The van der Waals surface area contributed by atoms with Gasteiger partial charge in [-0.25, -0.2) is 0 Å². The Morgan fingerprint density at radius 3 is 2.24 bits per heavy atom. The van der Waals surface area contributed by atoms with Crippen molar-refractivity contribution in [2.24, 2.45) is 5.41 Å². The van der Waals surface area contributed by atoms with E-state index >= 15 is 0 Å². The highest BCUT2D eigenvalue weighted by atomic mass is 14.9. The van der Waals surface area contributed by atoms with Gasteiger partial charge in [-0.1, -0.05) is 90.1 Å². The Labute approximate surface area is 132 Å². The van der Waals surface area contributed by atoms with Gasteiger partial charge < -0.3 is 5.32 Å². The minimum atomic E-state index is 0.397. The second-order valence-corrected chi connectivity index (χ2v) is 7.11. The molecular formula is C20H35N. The molecule has 0 aromatic heterocycles. The van der Waals surface area contributed by atoms with Crippen LogP contribution in [-0.2, 0) is 0 Å². The topological polar surface area (TPSA) is 12.0 Å². The maximum atomic E-state index is 3.84. The van der Waals surface area contributed by atoms with Crippen molar-refractivity contribution in [1.82, 2.24) is 5.32 Å². The Hall–Kier alpha value is -0.820. The van der Waals surface area contributed by atoms with Crippen molar-refractivity contribution in [3.8, 4) is 0 Å². The number of hydrogen-bond acceptors (Lipinski definition) is 1. The second-order valence-electron chi connectivity index (χ2n) is 7.11. The molecule has 0 aliphatic heterocycles. The minimum Gasteiger partial charge on any atom is -0.309 e. The monoisotopic (exact) mass is 289 g/mol. The smallest absolute Gasteiger partial charge is 0.0320 e. The van der Waals surface area contributed by atoms with Gasteiger partial charge in [0, 0.05) is 12.6 Å². The van der Waals surface area contributed by atoms with E-state index in [1.165, 1.54) is 50.5 Å². The Kier molecular flexibility index (Phi) is 8.68. The van der Waals surface area contributed by atoms with Crippen LogP contribution in [0.2, 0.25) is 0 Å². The summed E-state index contributed by atoms with van der Waals surface area (Å²) in [5, 5.41) is 3.84. The average molecular weight is 290 g/mol. The van der Waals surface area contributed by atoms with E-state index in [-0.39, 0.29) is 0 Å². The normalized spacial score (nSPS) is 13.3. The van der Waals surface area contributed by atoms with Crippen LogP contribution < -0.4 is 5.32 Å². The summed E-state index contributed by atoms with van der Waals surface area (Å²) in [4.78, 5) is 0. The molecule has 0 heterocycles. The summed E-state index contributed by atoms with van der Waals surface area (Å²) in [7, 11) is 0. The summed E-state index contributed by atoms with van der Waals surface area (Å²) in [5.74, 6) is 0. The fraction of sp³-hybridized carbons (Fsp3) is 0.700. The van der Waals surface area contributed by atoms with Gasteiger partial charge in [0.15, 0.2) is 0 Å². The van der Waals surface area contributed by atoms with Crippen LogP contribution in [-0.4, -0.2) is 6.54 Å². The van der Waals surface area contributed by atoms with Gasteiger partial charge in [0.05, 0.1) is 0 Å². The molecule has 0 saturated heterocycles. The molecule has 0 spiro atoms. The minimum absolute atomic E-state index is 0.397. The van der Waals surface area contributed by atoms with Gasteiger partial charge in [0.2, 0.25) is 0 Å². The van der Waals surface area contributed by atoms with Gasteiger partial charge in [-0.05, 0) is 23.8 Å². The molecule has 120 valence electrons. The molecule has 0 fully saturated rings. The zero-order valence-electron chi connectivity index (χ0n) is 14.6. The van der Waals surface area contributed by atoms with Crippen molar-refractivity contribution in [1.29, 1.82) is 0 Å². The van der Waals surface area contributed by atoms with Crippen LogP contribution in [0.5, 0.6) is 0 Å². The Balaban J connectivity index is 2.52. The highest BCUT2D eigenvalue weighted by molar-refractivity contribution is 5.18. The highest BCUT2D eigenvalue weighted by Gasteiger charge is 2.19. The van der Waals surface area contributed by atoms with Crippen molar-refractivity contribution in [3.63, 3.8) is 0 Å². The molecule has 1 aromatic rings. The molecule has 1 rings (SSSR count). The van der Waals surface area contributed by atoms with E-state index < -0.39 is 0 Å². The van der Waals surface area contributed by atoms with Crippen LogP contribution in [0.4, 0.5) is 0 Å². The van der Waals surface area contributed by atoms with E-state index in [1.54, 1.807) is 0 Å². The van der Waals surface area contributed by atoms with E-state index in [0.717, 1.165) is 6.54 Å². The summed E-state index contributed by atoms with van der Waals surface area (Å²) < 4.78 is 0. The van der Waals surface area contributed by atoms with Crippen molar-refractivity contribution < 1.29 is 0 Å². The maximum Gasteiger partial charge on any atom is 0.0320 e. The SMILES string of the molecule is CCCCCC(C)(C)CNC(CCCC)c1ccccc1. The number of nitrogens with one attached hydrogen (secondary N) is 1. The quantitative estimate of drug-likeness (QED) is 0.484. The Bertz CT molecular complexity index is 355. The molecule has 0 aliphatic rings. The first kappa shape index (κ1) is 18.2. The van der Waals surface area contributed by atoms with Crippen LogP contribution in [0.25, 0.3) is 0 Å². The van der Waals surface area contributed by atoms with Crippen molar-refractivity contribution >= 4 is 0 Å². The first-order valence-corrected chi connectivity index (χ1v) is 8.87. The first-order chi connectivity index (χ1) is 10.1. The number of unbranched alkanes of at least 4 members (excludes halogenated alkanes) is 3. The molecule has 0 amide bonds. The van der Waals surface area contributed by atoms with Crippen LogP contribution in [0.1, 0.15) is 84.2 Å². The molecule has 1 unspecified atom stereocenters. The van der Waals surface area contributed by atoms with Gasteiger partial charge in [-0.2, -0.15) is 0 Å². The molecule has 1 heteroatoms. The summed E-state index contributed by atoms with van der Waals surface area (Å²) in [6.45, 7) is 10.5. The number of rotatable bonds is 11. The molecule has 0 saturated carbocycles. The zero-order chi connectivity index (χ0) is 15.6. The molecular weight excluding hydrogens is 254 g/mol. The third kappa shape index (κ3) is 7.66. The van der Waals surface area contributed by atoms with E-state index in [1.807, 2.05) is 0 Å². The predicted octanol–water partition coefficient (Wildman–Crippen LogP) is 6.11. The third-order valence-electron chi connectivity index (χ3n) is 4.33. The van der Waals surface area contributed by atoms with E-state index in [4.69, 9.17) is 0 Å². The lowest BCUT2D eigenvalue weighted by Gasteiger charge is -2.29. The molecule has 1 atom stereocenters. The van der Waals surface area contributed by atoms with Crippen molar-refractivity contribution in [2.75, 3.05) is 6.54 Å². The Morgan fingerprint density at radius 1 is 0.952 bits per heavy atom. The lowest BCUT2D eigenvalue weighted by Crippen LogP contribution is -2.32. The molecule has 1 N–H and O–H groups in total. The van der Waals surface area contributed by atoms with E-state index in [0.29, 0.717) is 11.5 Å². The average Bonchev–Trinajstić information content (AvgIpc) is 2.48. The van der Waals surface area contributed by atoms with Crippen molar-refractivity contribution in [2.45, 2.75) is 78.7 Å². The molecule has 1 nitrogen and oxygen atoms in total. The van der Waals surface area contributed by atoms with Crippen LogP contribution in [0.15, 0.2) is 30.3 Å². The first-order valence-electron chi connectivity index (χ1n) is 8.87. The number of hydrogen-bond donors (Lipinski definition) is 1.